The summed E-state index contributed by atoms with van der Waals surface area (Å²) < 4.78 is 15.5. The highest BCUT2D eigenvalue weighted by Gasteiger charge is 2.12. The van der Waals surface area contributed by atoms with E-state index in [0.29, 0.717) is 17.2 Å². The molecule has 0 unspecified atom stereocenters. The zero-order valence-electron chi connectivity index (χ0n) is 13.2. The fourth-order valence-corrected chi connectivity index (χ4v) is 2.43. The first-order valence-corrected chi connectivity index (χ1v) is 7.97. The highest BCUT2D eigenvalue weighted by Crippen LogP contribution is 2.31. The lowest BCUT2D eigenvalue weighted by molar-refractivity contribution is -0.146. The number of rotatable bonds is 7. The molecule has 0 bridgehead atoms. The molecular weight excluding hydrogens is 320 g/mol. The predicted molar refractivity (Wildman–Crippen MR) is 88.2 cm³/mol. The van der Waals surface area contributed by atoms with Gasteiger partial charge < -0.3 is 13.9 Å². The van der Waals surface area contributed by atoms with E-state index in [-0.39, 0.29) is 12.4 Å². The van der Waals surface area contributed by atoms with Gasteiger partial charge in [-0.2, -0.15) is 0 Å². The second-order valence-corrected chi connectivity index (χ2v) is 5.54. The normalized spacial score (nSPS) is 10.7. The number of carbonyl (C=O) groups is 1. The molecule has 0 saturated carbocycles. The van der Waals surface area contributed by atoms with Crippen molar-refractivity contribution in [2.24, 2.45) is 0 Å². The highest BCUT2D eigenvalue weighted by molar-refractivity contribution is 6.32. The van der Waals surface area contributed by atoms with Gasteiger partial charge in [0.1, 0.15) is 11.3 Å². The Morgan fingerprint density at radius 1 is 1.22 bits per heavy atom. The number of hydrogen-bond acceptors (Lipinski definition) is 5. The molecule has 0 atom stereocenters. The van der Waals surface area contributed by atoms with Crippen LogP contribution < -0.4 is 10.4 Å². The molecule has 0 spiro atoms. The number of hydrogen-bond donors (Lipinski definition) is 0. The maximum absolute atomic E-state index is 11.6. The second kappa shape index (κ2) is 8.02. The molecule has 0 amide bonds. The molecule has 0 saturated heterocycles. The first kappa shape index (κ1) is 17.3. The van der Waals surface area contributed by atoms with Gasteiger partial charge in [-0.15, -0.1) is 0 Å². The molecule has 124 valence electrons. The SMILES string of the molecule is CCCOC(=O)COc1cc2oc(=O)cc(CCC)c2cc1Cl. The molecule has 2 aromatic rings. The summed E-state index contributed by atoms with van der Waals surface area (Å²) in [6, 6.07) is 4.70. The van der Waals surface area contributed by atoms with Crippen LogP contribution in [0.1, 0.15) is 32.3 Å². The molecule has 23 heavy (non-hydrogen) atoms. The number of aryl methyl sites for hydroxylation is 1. The van der Waals surface area contributed by atoms with Crippen molar-refractivity contribution in [2.45, 2.75) is 33.1 Å². The average Bonchev–Trinajstić information content (AvgIpc) is 2.52. The van der Waals surface area contributed by atoms with Gasteiger partial charge in [0.2, 0.25) is 0 Å². The van der Waals surface area contributed by atoms with E-state index in [0.717, 1.165) is 30.2 Å². The number of esters is 1. The van der Waals surface area contributed by atoms with Crippen LogP contribution in [0.3, 0.4) is 0 Å². The molecular formula is C17H19ClO5. The Bertz CT molecular complexity index is 750. The lowest BCUT2D eigenvalue weighted by Crippen LogP contribution is -2.15. The molecule has 0 aliphatic rings. The Labute approximate surface area is 139 Å². The monoisotopic (exact) mass is 338 g/mol. The molecule has 1 heterocycles. The van der Waals surface area contributed by atoms with Crippen LogP contribution in [-0.4, -0.2) is 19.2 Å². The summed E-state index contributed by atoms with van der Waals surface area (Å²) in [5.74, 6) is -0.186. The Kier molecular flexibility index (Phi) is 6.04. The van der Waals surface area contributed by atoms with E-state index < -0.39 is 11.6 Å². The van der Waals surface area contributed by atoms with E-state index in [9.17, 15) is 9.59 Å². The maximum atomic E-state index is 11.6. The average molecular weight is 339 g/mol. The van der Waals surface area contributed by atoms with Crippen molar-refractivity contribution in [1.82, 2.24) is 0 Å². The van der Waals surface area contributed by atoms with E-state index >= 15 is 0 Å². The van der Waals surface area contributed by atoms with Crippen molar-refractivity contribution in [1.29, 1.82) is 0 Å². The molecule has 0 aliphatic carbocycles. The number of benzene rings is 1. The van der Waals surface area contributed by atoms with Crippen molar-refractivity contribution < 1.29 is 18.7 Å². The lowest BCUT2D eigenvalue weighted by Gasteiger charge is -2.10. The highest BCUT2D eigenvalue weighted by atomic mass is 35.5. The van der Waals surface area contributed by atoms with Crippen molar-refractivity contribution >= 4 is 28.5 Å². The van der Waals surface area contributed by atoms with Crippen LogP contribution in [-0.2, 0) is 16.0 Å². The van der Waals surface area contributed by atoms with E-state index in [1.54, 1.807) is 6.07 Å². The summed E-state index contributed by atoms with van der Waals surface area (Å²) in [5.41, 5.74) is 0.855. The van der Waals surface area contributed by atoms with Crippen LogP contribution in [0.25, 0.3) is 11.0 Å². The van der Waals surface area contributed by atoms with Crippen molar-refractivity contribution in [3.8, 4) is 5.75 Å². The Morgan fingerprint density at radius 2 is 2.00 bits per heavy atom. The number of carbonyl (C=O) groups excluding carboxylic acids is 1. The van der Waals surface area contributed by atoms with E-state index in [4.69, 9.17) is 25.5 Å². The molecule has 1 aromatic heterocycles. The molecule has 0 radical (unpaired) electrons. The molecule has 0 N–H and O–H groups in total. The first-order valence-electron chi connectivity index (χ1n) is 7.59. The Hall–Kier alpha value is -2.01. The molecule has 6 heteroatoms. The van der Waals surface area contributed by atoms with Crippen molar-refractivity contribution in [3.05, 3.63) is 39.2 Å². The van der Waals surface area contributed by atoms with Crippen LogP contribution in [0, 0.1) is 0 Å². The number of ether oxygens (including phenoxy) is 2. The minimum Gasteiger partial charge on any atom is -0.480 e. The third-order valence-electron chi connectivity index (χ3n) is 3.21. The minimum atomic E-state index is -0.468. The van der Waals surface area contributed by atoms with Gasteiger partial charge in [0, 0.05) is 17.5 Å². The Morgan fingerprint density at radius 3 is 2.70 bits per heavy atom. The van der Waals surface area contributed by atoms with Gasteiger partial charge in [-0.25, -0.2) is 9.59 Å². The quantitative estimate of drug-likeness (QED) is 0.568. The summed E-state index contributed by atoms with van der Waals surface area (Å²) >= 11 is 6.21. The van der Waals surface area contributed by atoms with Gasteiger partial charge in [-0.05, 0) is 24.5 Å². The maximum Gasteiger partial charge on any atom is 0.344 e. The topological polar surface area (TPSA) is 65.7 Å². The summed E-state index contributed by atoms with van der Waals surface area (Å²) in [6.07, 6.45) is 2.40. The third kappa shape index (κ3) is 4.48. The van der Waals surface area contributed by atoms with Crippen LogP contribution in [0.4, 0.5) is 0 Å². The zero-order valence-corrected chi connectivity index (χ0v) is 13.9. The molecule has 5 nitrogen and oxygen atoms in total. The first-order chi connectivity index (χ1) is 11.0. The van der Waals surface area contributed by atoms with Crippen LogP contribution in [0.2, 0.25) is 5.02 Å². The number of halogens is 1. The van der Waals surface area contributed by atoms with Gasteiger partial charge in [0.15, 0.2) is 6.61 Å². The van der Waals surface area contributed by atoms with Gasteiger partial charge in [0.05, 0.1) is 11.6 Å². The second-order valence-electron chi connectivity index (χ2n) is 5.13. The van der Waals surface area contributed by atoms with Crippen LogP contribution in [0.5, 0.6) is 5.75 Å². The summed E-state index contributed by atoms with van der Waals surface area (Å²) in [6.45, 7) is 4.04. The molecule has 1 aromatic carbocycles. The van der Waals surface area contributed by atoms with Gasteiger partial charge in [-0.1, -0.05) is 31.9 Å². The van der Waals surface area contributed by atoms with Crippen molar-refractivity contribution in [2.75, 3.05) is 13.2 Å². The third-order valence-corrected chi connectivity index (χ3v) is 3.51. The van der Waals surface area contributed by atoms with Gasteiger partial charge in [-0.3, -0.25) is 0 Å². The summed E-state index contributed by atoms with van der Waals surface area (Å²) in [7, 11) is 0. The smallest absolute Gasteiger partial charge is 0.344 e. The molecule has 0 aliphatic heterocycles. The minimum absolute atomic E-state index is 0.246. The zero-order chi connectivity index (χ0) is 16.8. The van der Waals surface area contributed by atoms with E-state index in [1.165, 1.54) is 12.1 Å². The van der Waals surface area contributed by atoms with Crippen molar-refractivity contribution in [3.63, 3.8) is 0 Å². The fraction of sp³-hybridized carbons (Fsp3) is 0.412. The van der Waals surface area contributed by atoms with Gasteiger partial charge >= 0.3 is 11.6 Å². The molecule has 2 rings (SSSR count). The van der Waals surface area contributed by atoms with Crippen LogP contribution in [0.15, 0.2) is 27.4 Å². The van der Waals surface area contributed by atoms with E-state index in [1.807, 2.05) is 13.8 Å². The van der Waals surface area contributed by atoms with E-state index in [2.05, 4.69) is 0 Å². The standard InChI is InChI=1S/C17H19ClO5/c1-3-5-11-7-16(19)23-14-9-15(13(18)8-12(11)14)22-10-17(20)21-6-4-2/h7-9H,3-6,10H2,1-2H3. The van der Waals surface area contributed by atoms with Crippen LogP contribution >= 0.6 is 11.6 Å². The Balaban J connectivity index is 2.27. The lowest BCUT2D eigenvalue weighted by atomic mass is 10.1. The van der Waals surface area contributed by atoms with Gasteiger partial charge in [0.25, 0.3) is 0 Å². The summed E-state index contributed by atoms with van der Waals surface area (Å²) in [4.78, 5) is 23.1. The predicted octanol–water partition coefficient (Wildman–Crippen LogP) is 3.73. The molecule has 0 fully saturated rings. The summed E-state index contributed by atoms with van der Waals surface area (Å²) in [5, 5.41) is 1.13. The fourth-order valence-electron chi connectivity index (χ4n) is 2.21. The largest absolute Gasteiger partial charge is 0.480 e. The number of fused-ring (bicyclic) bond motifs is 1.